The Kier molecular flexibility index (Phi) is 5.78. The zero-order chi connectivity index (χ0) is 22.6. The van der Waals surface area contributed by atoms with Crippen LogP contribution >= 0.6 is 11.3 Å². The van der Waals surface area contributed by atoms with Crippen LogP contribution in [0.5, 0.6) is 0 Å². The minimum absolute atomic E-state index is 0.207. The van der Waals surface area contributed by atoms with Gasteiger partial charge in [-0.05, 0) is 31.2 Å². The predicted molar refractivity (Wildman–Crippen MR) is 129 cm³/mol. The molecule has 0 unspecified atom stereocenters. The van der Waals surface area contributed by atoms with E-state index >= 15 is 0 Å². The Bertz CT molecular complexity index is 1390. The largest absolute Gasteiger partial charge is 0.436 e. The number of aryl methyl sites for hydroxylation is 1. The summed E-state index contributed by atoms with van der Waals surface area (Å²) in [5.41, 5.74) is 5.13. The van der Waals surface area contributed by atoms with Gasteiger partial charge in [-0.2, -0.15) is 0 Å². The lowest BCUT2D eigenvalue weighted by Gasteiger charge is -2.07. The van der Waals surface area contributed by atoms with Crippen LogP contribution in [0.3, 0.4) is 0 Å². The standard InChI is InChI=1S/C26H20N4O2S/c1-17-6-8-19(9-7-17)23-14-29-26(32-23)21-5-3-2-4-20(21)25(31)28-15-24-30-22(16-33-24)18-10-12-27-13-11-18/h2-14,16H,15H2,1H3,(H,28,31). The van der Waals surface area contributed by atoms with Crippen molar-refractivity contribution >= 4 is 17.2 Å². The summed E-state index contributed by atoms with van der Waals surface area (Å²) in [6.07, 6.45) is 5.16. The number of carbonyl (C=O) groups excluding carboxylic acids is 1. The van der Waals surface area contributed by atoms with Crippen molar-refractivity contribution in [1.29, 1.82) is 0 Å². The van der Waals surface area contributed by atoms with E-state index in [-0.39, 0.29) is 5.91 Å². The predicted octanol–water partition coefficient (Wildman–Crippen LogP) is 5.77. The topological polar surface area (TPSA) is 80.9 Å². The molecule has 33 heavy (non-hydrogen) atoms. The van der Waals surface area contributed by atoms with Crippen LogP contribution < -0.4 is 5.32 Å². The number of pyridine rings is 1. The number of thiazole rings is 1. The number of carbonyl (C=O) groups is 1. The maximum absolute atomic E-state index is 13.0. The molecule has 1 N–H and O–H groups in total. The zero-order valence-electron chi connectivity index (χ0n) is 17.9. The summed E-state index contributed by atoms with van der Waals surface area (Å²) in [5.74, 6) is 0.860. The molecule has 6 nitrogen and oxygen atoms in total. The van der Waals surface area contributed by atoms with E-state index in [0.717, 1.165) is 21.8 Å². The van der Waals surface area contributed by atoms with Crippen molar-refractivity contribution in [2.75, 3.05) is 0 Å². The Balaban J connectivity index is 1.32. The molecule has 1 amide bonds. The van der Waals surface area contributed by atoms with E-state index in [1.54, 1.807) is 24.7 Å². The average molecular weight is 453 g/mol. The van der Waals surface area contributed by atoms with Gasteiger partial charge in [0.2, 0.25) is 5.89 Å². The van der Waals surface area contributed by atoms with Gasteiger partial charge in [0.15, 0.2) is 5.76 Å². The molecule has 2 aromatic carbocycles. The van der Waals surface area contributed by atoms with Crippen molar-refractivity contribution in [1.82, 2.24) is 20.3 Å². The Hall–Kier alpha value is -4.10. The van der Waals surface area contributed by atoms with Crippen LogP contribution in [-0.4, -0.2) is 20.9 Å². The second-order valence-corrected chi connectivity index (χ2v) is 8.43. The first-order valence-electron chi connectivity index (χ1n) is 10.4. The lowest BCUT2D eigenvalue weighted by molar-refractivity contribution is 0.0951. The highest BCUT2D eigenvalue weighted by Gasteiger charge is 2.17. The molecule has 0 fully saturated rings. The smallest absolute Gasteiger partial charge is 0.252 e. The Labute approximate surface area is 195 Å². The molecule has 7 heteroatoms. The molecule has 3 heterocycles. The van der Waals surface area contributed by atoms with Crippen molar-refractivity contribution in [2.24, 2.45) is 0 Å². The van der Waals surface area contributed by atoms with Gasteiger partial charge in [-0.1, -0.05) is 42.0 Å². The number of rotatable bonds is 6. The fourth-order valence-corrected chi connectivity index (χ4v) is 4.16. The molecule has 0 saturated heterocycles. The van der Waals surface area contributed by atoms with E-state index in [1.807, 2.05) is 66.9 Å². The number of amides is 1. The molecule has 0 spiro atoms. The third-order valence-electron chi connectivity index (χ3n) is 5.17. The van der Waals surface area contributed by atoms with Crippen LogP contribution in [0, 0.1) is 6.92 Å². The molecule has 0 bridgehead atoms. The van der Waals surface area contributed by atoms with Crippen molar-refractivity contribution < 1.29 is 9.21 Å². The monoisotopic (exact) mass is 452 g/mol. The van der Waals surface area contributed by atoms with Crippen LogP contribution in [0.2, 0.25) is 0 Å². The van der Waals surface area contributed by atoms with Crippen LogP contribution in [0.25, 0.3) is 34.0 Å². The molecule has 3 aromatic heterocycles. The summed E-state index contributed by atoms with van der Waals surface area (Å²) < 4.78 is 6.00. The van der Waals surface area contributed by atoms with Gasteiger partial charge in [-0.3, -0.25) is 9.78 Å². The van der Waals surface area contributed by atoms with Gasteiger partial charge >= 0.3 is 0 Å². The lowest BCUT2D eigenvalue weighted by atomic mass is 10.1. The highest BCUT2D eigenvalue weighted by atomic mass is 32.1. The van der Waals surface area contributed by atoms with Gasteiger partial charge < -0.3 is 9.73 Å². The quantitative estimate of drug-likeness (QED) is 0.354. The average Bonchev–Trinajstić information content (AvgIpc) is 3.54. The first-order chi connectivity index (χ1) is 16.2. The maximum Gasteiger partial charge on any atom is 0.252 e. The van der Waals surface area contributed by atoms with E-state index in [9.17, 15) is 4.79 Å². The van der Waals surface area contributed by atoms with Gasteiger partial charge in [-0.25, -0.2) is 9.97 Å². The third kappa shape index (κ3) is 4.58. The highest BCUT2D eigenvalue weighted by Crippen LogP contribution is 2.28. The highest BCUT2D eigenvalue weighted by molar-refractivity contribution is 7.09. The van der Waals surface area contributed by atoms with Gasteiger partial charge in [0.25, 0.3) is 5.91 Å². The summed E-state index contributed by atoms with van der Waals surface area (Å²) in [6, 6.07) is 19.2. The number of benzene rings is 2. The molecule has 162 valence electrons. The molecule has 0 atom stereocenters. The SMILES string of the molecule is Cc1ccc(-c2cnc(-c3ccccc3C(=O)NCc3nc(-c4ccncc4)cs3)o2)cc1. The van der Waals surface area contributed by atoms with Crippen LogP contribution in [0.1, 0.15) is 20.9 Å². The molecule has 0 aliphatic heterocycles. The van der Waals surface area contributed by atoms with E-state index in [1.165, 1.54) is 16.9 Å². The van der Waals surface area contributed by atoms with E-state index in [2.05, 4.69) is 20.3 Å². The molecule has 5 aromatic rings. The number of nitrogens with zero attached hydrogens (tertiary/aromatic N) is 3. The molecule has 0 aliphatic carbocycles. The number of aromatic nitrogens is 3. The molecule has 5 rings (SSSR count). The van der Waals surface area contributed by atoms with Gasteiger partial charge in [-0.15, -0.1) is 11.3 Å². The molecule has 0 saturated carbocycles. The van der Waals surface area contributed by atoms with Crippen LogP contribution in [0.15, 0.2) is 89.1 Å². The molecule has 0 radical (unpaired) electrons. The van der Waals surface area contributed by atoms with Crippen LogP contribution in [0.4, 0.5) is 0 Å². The number of oxazole rings is 1. The van der Waals surface area contributed by atoms with E-state index in [4.69, 9.17) is 4.42 Å². The minimum Gasteiger partial charge on any atom is -0.436 e. The summed E-state index contributed by atoms with van der Waals surface area (Å²) in [4.78, 5) is 26.1. The third-order valence-corrected chi connectivity index (χ3v) is 6.02. The first kappa shape index (κ1) is 20.8. The second-order valence-electron chi connectivity index (χ2n) is 7.49. The fourth-order valence-electron chi connectivity index (χ4n) is 3.42. The molecule has 0 aliphatic rings. The van der Waals surface area contributed by atoms with E-state index < -0.39 is 0 Å². The summed E-state index contributed by atoms with van der Waals surface area (Å²) in [7, 11) is 0. The van der Waals surface area contributed by atoms with Crippen molar-refractivity contribution in [3.63, 3.8) is 0 Å². The zero-order valence-corrected chi connectivity index (χ0v) is 18.7. The van der Waals surface area contributed by atoms with Crippen molar-refractivity contribution in [2.45, 2.75) is 13.5 Å². The number of nitrogens with one attached hydrogen (secondary N) is 1. The van der Waals surface area contributed by atoms with Gasteiger partial charge in [0.05, 0.1) is 24.0 Å². The fraction of sp³-hybridized carbons (Fsp3) is 0.0769. The summed E-state index contributed by atoms with van der Waals surface area (Å²) >= 11 is 1.51. The molecular formula is C26H20N4O2S. The Morgan fingerprint density at radius 3 is 2.61 bits per heavy atom. The Morgan fingerprint density at radius 1 is 1.00 bits per heavy atom. The van der Waals surface area contributed by atoms with E-state index in [0.29, 0.717) is 29.3 Å². The van der Waals surface area contributed by atoms with Crippen molar-refractivity contribution in [3.8, 4) is 34.0 Å². The van der Waals surface area contributed by atoms with Gasteiger partial charge in [0, 0.05) is 34.5 Å². The first-order valence-corrected chi connectivity index (χ1v) is 11.3. The second kappa shape index (κ2) is 9.18. The number of hydrogen-bond acceptors (Lipinski definition) is 6. The normalized spacial score (nSPS) is 10.8. The van der Waals surface area contributed by atoms with Gasteiger partial charge in [0.1, 0.15) is 5.01 Å². The molecular weight excluding hydrogens is 432 g/mol. The van der Waals surface area contributed by atoms with Crippen LogP contribution in [-0.2, 0) is 6.54 Å². The number of hydrogen-bond donors (Lipinski definition) is 1. The minimum atomic E-state index is -0.207. The maximum atomic E-state index is 13.0. The van der Waals surface area contributed by atoms with Crippen molar-refractivity contribution in [3.05, 3.63) is 101 Å². The Morgan fingerprint density at radius 2 is 1.79 bits per heavy atom. The summed E-state index contributed by atoms with van der Waals surface area (Å²) in [6.45, 7) is 2.37. The lowest BCUT2D eigenvalue weighted by Crippen LogP contribution is -2.23. The summed E-state index contributed by atoms with van der Waals surface area (Å²) in [5, 5.41) is 5.76.